The highest BCUT2D eigenvalue weighted by Gasteiger charge is 2.50. The van der Waals surface area contributed by atoms with E-state index in [1.807, 2.05) is 0 Å². The van der Waals surface area contributed by atoms with Crippen LogP contribution in [0.4, 0.5) is 5.69 Å². The van der Waals surface area contributed by atoms with Gasteiger partial charge in [-0.1, -0.05) is 55.0 Å². The van der Waals surface area contributed by atoms with Gasteiger partial charge in [0.2, 0.25) is 0 Å². The molecule has 1 spiro atoms. The smallest absolute Gasteiger partial charge is 0.0450 e. The summed E-state index contributed by atoms with van der Waals surface area (Å²) in [5.74, 6) is 0. The maximum atomic E-state index is 2.38. The molecule has 1 fully saturated rings. The molecule has 1 nitrogen and oxygen atoms in total. The van der Waals surface area contributed by atoms with Crippen LogP contribution in [0.25, 0.3) is 0 Å². The van der Waals surface area contributed by atoms with Crippen LogP contribution in [-0.2, 0) is 5.41 Å². The van der Waals surface area contributed by atoms with Gasteiger partial charge in [0, 0.05) is 23.8 Å². The van der Waals surface area contributed by atoms with Crippen molar-refractivity contribution >= 4 is 5.69 Å². The van der Waals surface area contributed by atoms with Crippen LogP contribution in [0.2, 0.25) is 0 Å². The highest BCUT2D eigenvalue weighted by Crippen LogP contribution is 2.59. The second kappa shape index (κ2) is 4.73. The summed E-state index contributed by atoms with van der Waals surface area (Å²) in [6.07, 6.45) is 13.6. The topological polar surface area (TPSA) is 3.24 Å². The summed E-state index contributed by atoms with van der Waals surface area (Å²) in [6.45, 7) is 5.40. The van der Waals surface area contributed by atoms with E-state index in [-0.39, 0.29) is 5.41 Å². The molecule has 19 heavy (non-hydrogen) atoms. The fourth-order valence-electron chi connectivity index (χ4n) is 2.98. The third-order valence-electron chi connectivity index (χ3n) is 4.16. The molecule has 0 N–H and O–H groups in total. The summed E-state index contributed by atoms with van der Waals surface area (Å²) in [7, 11) is 0. The molecule has 1 aliphatic heterocycles. The first-order valence-electron chi connectivity index (χ1n) is 7.23. The van der Waals surface area contributed by atoms with Gasteiger partial charge in [0.25, 0.3) is 0 Å². The summed E-state index contributed by atoms with van der Waals surface area (Å²) < 4.78 is 0. The van der Waals surface area contributed by atoms with Gasteiger partial charge in [-0.05, 0) is 31.4 Å². The number of hydrogen-bond donors (Lipinski definition) is 0. The lowest BCUT2D eigenvalue weighted by molar-refractivity contribution is 0.858. The molecule has 2 aliphatic rings. The lowest BCUT2D eigenvalue weighted by Crippen LogP contribution is -2.24. The summed E-state index contributed by atoms with van der Waals surface area (Å²) in [6, 6.07) is 8.82. The van der Waals surface area contributed by atoms with Crippen LogP contribution in [0.1, 0.15) is 32.3 Å². The van der Waals surface area contributed by atoms with Crippen LogP contribution in [0.5, 0.6) is 0 Å². The molecule has 1 atom stereocenters. The van der Waals surface area contributed by atoms with Crippen molar-refractivity contribution in [1.82, 2.24) is 0 Å². The molecule has 3 rings (SSSR count). The number of rotatable bonds is 3. The van der Waals surface area contributed by atoms with E-state index in [2.05, 4.69) is 73.5 Å². The SMILES string of the molecule is CCC=CC=C1CC12C=CN(CC)c1ccccc12. The Labute approximate surface area is 115 Å². The first-order valence-corrected chi connectivity index (χ1v) is 7.23. The molecule has 1 aromatic carbocycles. The number of hydrogen-bond acceptors (Lipinski definition) is 1. The van der Waals surface area contributed by atoms with Gasteiger partial charge in [-0.3, -0.25) is 0 Å². The molecular weight excluding hydrogens is 230 g/mol. The van der Waals surface area contributed by atoms with Crippen molar-refractivity contribution in [3.8, 4) is 0 Å². The maximum Gasteiger partial charge on any atom is 0.0450 e. The zero-order valence-corrected chi connectivity index (χ0v) is 11.8. The molecule has 0 bridgehead atoms. The van der Waals surface area contributed by atoms with Gasteiger partial charge in [0.15, 0.2) is 0 Å². The Bertz CT molecular complexity index is 565. The molecule has 1 heteroatoms. The van der Waals surface area contributed by atoms with Crippen LogP contribution < -0.4 is 4.90 Å². The lowest BCUT2D eigenvalue weighted by Gasteiger charge is -2.29. The van der Waals surface area contributed by atoms with E-state index in [0.29, 0.717) is 0 Å². The van der Waals surface area contributed by atoms with E-state index >= 15 is 0 Å². The molecule has 1 aromatic rings. The van der Waals surface area contributed by atoms with Crippen molar-refractivity contribution in [2.24, 2.45) is 0 Å². The van der Waals surface area contributed by atoms with Gasteiger partial charge >= 0.3 is 0 Å². The number of para-hydroxylation sites is 1. The molecule has 98 valence electrons. The molecule has 1 unspecified atom stereocenters. The molecule has 1 aliphatic carbocycles. The zero-order valence-electron chi connectivity index (χ0n) is 11.8. The second-order valence-corrected chi connectivity index (χ2v) is 5.30. The van der Waals surface area contributed by atoms with E-state index in [1.54, 1.807) is 0 Å². The third-order valence-corrected chi connectivity index (χ3v) is 4.16. The third kappa shape index (κ3) is 1.94. The summed E-state index contributed by atoms with van der Waals surface area (Å²) >= 11 is 0. The zero-order chi connectivity index (χ0) is 13.3. The van der Waals surface area contributed by atoms with Gasteiger partial charge in [-0.2, -0.15) is 0 Å². The molecule has 1 saturated carbocycles. The van der Waals surface area contributed by atoms with Crippen molar-refractivity contribution in [1.29, 1.82) is 0 Å². The van der Waals surface area contributed by atoms with Crippen LogP contribution in [0.15, 0.2) is 60.3 Å². The minimum absolute atomic E-state index is 0.195. The minimum atomic E-state index is 0.195. The van der Waals surface area contributed by atoms with E-state index in [9.17, 15) is 0 Å². The predicted molar refractivity (Wildman–Crippen MR) is 82.4 cm³/mol. The molecular formula is C18H21N. The first kappa shape index (κ1) is 12.3. The lowest BCUT2D eigenvalue weighted by atomic mass is 9.90. The van der Waals surface area contributed by atoms with Crippen molar-refractivity contribution < 1.29 is 0 Å². The minimum Gasteiger partial charge on any atom is -0.348 e. The number of anilines is 1. The van der Waals surface area contributed by atoms with E-state index in [4.69, 9.17) is 0 Å². The van der Waals surface area contributed by atoms with E-state index < -0.39 is 0 Å². The van der Waals surface area contributed by atoms with E-state index in [0.717, 1.165) is 13.0 Å². The van der Waals surface area contributed by atoms with Crippen molar-refractivity contribution in [3.63, 3.8) is 0 Å². The summed E-state index contributed by atoms with van der Waals surface area (Å²) in [5, 5.41) is 0. The van der Waals surface area contributed by atoms with Gasteiger partial charge in [-0.15, -0.1) is 0 Å². The predicted octanol–water partition coefficient (Wildman–Crippen LogP) is 4.57. The first-order chi connectivity index (χ1) is 9.31. The number of allylic oxidation sites excluding steroid dienone is 5. The average Bonchev–Trinajstić information content (AvgIpc) is 3.14. The fourth-order valence-corrected chi connectivity index (χ4v) is 2.98. The van der Waals surface area contributed by atoms with Crippen LogP contribution in [-0.4, -0.2) is 6.54 Å². The molecule has 0 aromatic heterocycles. The van der Waals surface area contributed by atoms with Gasteiger partial charge < -0.3 is 4.90 Å². The van der Waals surface area contributed by atoms with Crippen molar-refractivity contribution in [2.45, 2.75) is 32.1 Å². The Balaban J connectivity index is 1.98. The molecule has 1 heterocycles. The van der Waals surface area contributed by atoms with Crippen molar-refractivity contribution in [2.75, 3.05) is 11.4 Å². The largest absolute Gasteiger partial charge is 0.348 e. The van der Waals surface area contributed by atoms with Gasteiger partial charge in [-0.25, -0.2) is 0 Å². The average molecular weight is 251 g/mol. The van der Waals surface area contributed by atoms with Gasteiger partial charge in [0.05, 0.1) is 0 Å². The summed E-state index contributed by atoms with van der Waals surface area (Å²) in [5.41, 5.74) is 4.57. The summed E-state index contributed by atoms with van der Waals surface area (Å²) in [4.78, 5) is 2.33. The number of fused-ring (bicyclic) bond motifs is 2. The Hall–Kier alpha value is -1.76. The highest BCUT2D eigenvalue weighted by atomic mass is 15.1. The van der Waals surface area contributed by atoms with Crippen molar-refractivity contribution in [3.05, 3.63) is 65.9 Å². The maximum absolute atomic E-state index is 2.38. The normalized spacial score (nSPS) is 26.4. The Morgan fingerprint density at radius 1 is 1.26 bits per heavy atom. The highest BCUT2D eigenvalue weighted by molar-refractivity contribution is 5.71. The second-order valence-electron chi connectivity index (χ2n) is 5.30. The van der Waals surface area contributed by atoms with Gasteiger partial charge in [0.1, 0.15) is 0 Å². The standard InChI is InChI=1S/C18H21N/c1-3-5-6-9-15-14-18(15)12-13-19(4-2)17-11-8-7-10-16(17)18/h5-13H,3-4,14H2,1-2H3. The Morgan fingerprint density at radius 2 is 2.11 bits per heavy atom. The Kier molecular flexibility index (Phi) is 3.06. The Morgan fingerprint density at radius 3 is 2.89 bits per heavy atom. The van der Waals surface area contributed by atoms with E-state index in [1.165, 1.54) is 23.2 Å². The quantitative estimate of drug-likeness (QED) is 0.760. The number of nitrogens with zero attached hydrogens (tertiary/aromatic N) is 1. The van der Waals surface area contributed by atoms with Crippen LogP contribution in [0, 0.1) is 0 Å². The molecule has 0 amide bonds. The van der Waals surface area contributed by atoms with Crippen LogP contribution in [0.3, 0.4) is 0 Å². The number of benzene rings is 1. The fraction of sp³-hybridized carbons (Fsp3) is 0.333. The molecule has 0 radical (unpaired) electrons. The molecule has 0 saturated heterocycles. The monoisotopic (exact) mass is 251 g/mol. The van der Waals surface area contributed by atoms with Crippen LogP contribution >= 0.6 is 0 Å².